The standard InChI is InChI=1S/C26H31N3O8.C8H17NO2/c1-26(2,3)37-25(36)28-18-11-16-9-14(5-7-20(16)30)15-6-8-21(31)17(10-15)12-19(24(34)35)29(4)22(32)13-27-23(18)33;1-5-6-9-7(10)11-8(2,3)4/h5-10,18-19,30-31H,11-13H2,1-4H3,(H,27,33)(H,28,36)(H,34,35);5-6H2,1-4H3,(H,9,10). The number of hydrogen-bond donors (Lipinski definition) is 6. The average molecular weight is 673 g/mol. The molecular weight excluding hydrogens is 624 g/mol. The highest BCUT2D eigenvalue weighted by Gasteiger charge is 2.30. The Morgan fingerprint density at radius 3 is 1.85 bits per heavy atom. The molecule has 0 aliphatic carbocycles. The molecule has 48 heavy (non-hydrogen) atoms. The van der Waals surface area contributed by atoms with E-state index in [-0.39, 0.29) is 30.4 Å². The number of rotatable bonds is 4. The van der Waals surface area contributed by atoms with Crippen LogP contribution in [0, 0.1) is 0 Å². The molecule has 0 saturated carbocycles. The first-order valence-electron chi connectivity index (χ1n) is 15.6. The molecule has 2 unspecified atom stereocenters. The summed E-state index contributed by atoms with van der Waals surface area (Å²) in [5.41, 5.74) is 0.661. The number of likely N-dealkylation sites (N-methyl/N-ethyl adjacent to an activating group) is 1. The average Bonchev–Trinajstić information content (AvgIpc) is 2.96. The summed E-state index contributed by atoms with van der Waals surface area (Å²) in [7, 11) is 1.30. The second kappa shape index (κ2) is 16.7. The molecule has 14 heteroatoms. The van der Waals surface area contributed by atoms with Gasteiger partial charge in [-0.2, -0.15) is 0 Å². The van der Waals surface area contributed by atoms with Crippen molar-refractivity contribution in [3.05, 3.63) is 47.5 Å². The molecule has 2 atom stereocenters. The van der Waals surface area contributed by atoms with E-state index in [1.54, 1.807) is 45.0 Å². The lowest BCUT2D eigenvalue weighted by Crippen LogP contribution is -2.52. The summed E-state index contributed by atoms with van der Waals surface area (Å²) in [5, 5.41) is 38.2. The predicted molar refractivity (Wildman–Crippen MR) is 178 cm³/mol. The molecule has 0 radical (unpaired) electrons. The second-order valence-electron chi connectivity index (χ2n) is 13.3. The number of hydrogen-bond acceptors (Lipinski definition) is 9. The fraction of sp³-hybridized carbons (Fsp3) is 0.500. The van der Waals surface area contributed by atoms with Gasteiger partial charge in [0.2, 0.25) is 11.8 Å². The third-order valence-corrected chi connectivity index (χ3v) is 6.82. The number of carbonyl (C=O) groups excluding carboxylic acids is 4. The molecule has 0 aromatic heterocycles. The summed E-state index contributed by atoms with van der Waals surface area (Å²) in [5.74, 6) is -2.94. The van der Waals surface area contributed by atoms with Crippen molar-refractivity contribution in [2.75, 3.05) is 20.1 Å². The number of nitrogens with one attached hydrogen (secondary N) is 3. The summed E-state index contributed by atoms with van der Waals surface area (Å²) in [4.78, 5) is 62.1. The van der Waals surface area contributed by atoms with E-state index in [1.165, 1.54) is 19.2 Å². The van der Waals surface area contributed by atoms with Crippen molar-refractivity contribution in [2.24, 2.45) is 0 Å². The third kappa shape index (κ3) is 12.6. The molecule has 1 aliphatic rings. The first-order valence-corrected chi connectivity index (χ1v) is 15.6. The molecule has 4 amide bonds. The van der Waals surface area contributed by atoms with Gasteiger partial charge in [-0.15, -0.1) is 0 Å². The van der Waals surface area contributed by atoms with E-state index in [0.29, 0.717) is 28.8 Å². The summed E-state index contributed by atoms with van der Waals surface area (Å²) in [6, 6.07) is 6.83. The number of carboxylic acid groups (broad SMARTS) is 1. The number of alkyl carbamates (subject to hydrolysis) is 2. The Kier molecular flexibility index (Phi) is 13.6. The molecule has 6 N–H and O–H groups in total. The Bertz CT molecular complexity index is 1480. The maximum absolute atomic E-state index is 13.0. The van der Waals surface area contributed by atoms with Crippen molar-refractivity contribution >= 4 is 30.0 Å². The lowest BCUT2D eigenvalue weighted by atomic mass is 9.95. The number of phenolic OH excluding ortho intramolecular Hbond substituents is 2. The number of ether oxygens (including phenoxy) is 2. The van der Waals surface area contributed by atoms with Gasteiger partial charge in [-0.05, 0) is 94.5 Å². The Hall–Kier alpha value is -5.01. The topological polar surface area (TPSA) is 204 Å². The fourth-order valence-electron chi connectivity index (χ4n) is 4.46. The molecule has 2 aromatic rings. The van der Waals surface area contributed by atoms with Crippen molar-refractivity contribution in [1.29, 1.82) is 0 Å². The number of nitrogens with zero attached hydrogens (tertiary/aromatic N) is 1. The van der Waals surface area contributed by atoms with Gasteiger partial charge >= 0.3 is 18.2 Å². The van der Waals surface area contributed by atoms with E-state index in [1.807, 2.05) is 27.7 Å². The molecule has 3 rings (SSSR count). The van der Waals surface area contributed by atoms with Gasteiger partial charge in [-0.25, -0.2) is 14.4 Å². The van der Waals surface area contributed by atoms with E-state index in [2.05, 4.69) is 16.0 Å². The van der Waals surface area contributed by atoms with Crippen LogP contribution in [0.2, 0.25) is 0 Å². The lowest BCUT2D eigenvalue weighted by molar-refractivity contribution is -0.148. The molecule has 2 aromatic carbocycles. The van der Waals surface area contributed by atoms with Gasteiger partial charge in [0, 0.05) is 26.4 Å². The van der Waals surface area contributed by atoms with Crippen LogP contribution >= 0.6 is 0 Å². The number of carbonyl (C=O) groups is 5. The molecular formula is C34H48N4O10. The second-order valence-corrected chi connectivity index (χ2v) is 13.3. The van der Waals surface area contributed by atoms with Crippen molar-refractivity contribution in [3.8, 4) is 22.6 Å². The Balaban J connectivity index is 0.000000623. The highest BCUT2D eigenvalue weighted by molar-refractivity contribution is 5.91. The van der Waals surface area contributed by atoms with E-state index < -0.39 is 53.7 Å². The number of aromatic hydroxyl groups is 2. The van der Waals surface area contributed by atoms with Crippen molar-refractivity contribution in [1.82, 2.24) is 20.9 Å². The van der Waals surface area contributed by atoms with Crippen LogP contribution in [-0.2, 0) is 36.7 Å². The number of carboxylic acids is 1. The molecule has 0 saturated heterocycles. The molecule has 1 aliphatic heterocycles. The first-order chi connectivity index (χ1) is 22.2. The maximum Gasteiger partial charge on any atom is 0.408 e. The number of fused-ring (bicyclic) bond motifs is 5. The zero-order valence-electron chi connectivity index (χ0n) is 28.8. The SMILES string of the molecule is CCCNC(=O)OC(C)(C)C.CN1C(=O)CNC(=O)C(NC(=O)OC(C)(C)C)Cc2cc(ccc2O)-c2ccc(O)c(c2)CC1C(=O)O. The van der Waals surface area contributed by atoms with Crippen LogP contribution in [0.5, 0.6) is 11.5 Å². The Morgan fingerprint density at radius 2 is 1.38 bits per heavy atom. The van der Waals surface area contributed by atoms with Crippen molar-refractivity contribution in [3.63, 3.8) is 0 Å². The van der Waals surface area contributed by atoms with E-state index in [4.69, 9.17) is 9.47 Å². The maximum atomic E-state index is 13.0. The summed E-state index contributed by atoms with van der Waals surface area (Å²) in [6.07, 6.45) is -0.575. The molecule has 264 valence electrons. The zero-order chi connectivity index (χ0) is 36.4. The quantitative estimate of drug-likeness (QED) is 0.278. The third-order valence-electron chi connectivity index (χ3n) is 6.82. The lowest BCUT2D eigenvalue weighted by Gasteiger charge is -2.26. The molecule has 4 bridgehead atoms. The highest BCUT2D eigenvalue weighted by Crippen LogP contribution is 2.31. The van der Waals surface area contributed by atoms with Crippen LogP contribution < -0.4 is 16.0 Å². The normalized spacial score (nSPS) is 17.0. The number of amides is 4. The van der Waals surface area contributed by atoms with Crippen LogP contribution in [0.3, 0.4) is 0 Å². The number of aliphatic carboxylic acids is 1. The van der Waals surface area contributed by atoms with Crippen LogP contribution in [-0.4, -0.2) is 93.6 Å². The fourth-order valence-corrected chi connectivity index (χ4v) is 4.46. The minimum Gasteiger partial charge on any atom is -0.508 e. The number of phenols is 2. The molecule has 0 fully saturated rings. The molecule has 14 nitrogen and oxygen atoms in total. The monoisotopic (exact) mass is 672 g/mol. The first kappa shape index (κ1) is 39.2. The minimum absolute atomic E-state index is 0.113. The molecule has 1 heterocycles. The Labute approximate surface area is 280 Å². The van der Waals surface area contributed by atoms with Gasteiger partial charge in [-0.3, -0.25) is 9.59 Å². The smallest absolute Gasteiger partial charge is 0.408 e. The van der Waals surface area contributed by atoms with Gasteiger partial charge in [0.15, 0.2) is 0 Å². The van der Waals surface area contributed by atoms with Crippen LogP contribution in [0.15, 0.2) is 36.4 Å². The van der Waals surface area contributed by atoms with Gasteiger partial charge < -0.3 is 45.6 Å². The summed E-state index contributed by atoms with van der Waals surface area (Å²) in [6.45, 7) is 12.7. The van der Waals surface area contributed by atoms with Gasteiger partial charge in [0.05, 0.1) is 6.54 Å². The summed E-state index contributed by atoms with van der Waals surface area (Å²) >= 11 is 0. The van der Waals surface area contributed by atoms with Crippen LogP contribution in [0.4, 0.5) is 9.59 Å². The Morgan fingerprint density at radius 1 is 0.875 bits per heavy atom. The zero-order valence-corrected chi connectivity index (χ0v) is 28.8. The van der Waals surface area contributed by atoms with Gasteiger partial charge in [0.25, 0.3) is 0 Å². The van der Waals surface area contributed by atoms with Gasteiger partial charge in [-0.1, -0.05) is 19.1 Å². The van der Waals surface area contributed by atoms with Crippen molar-refractivity contribution in [2.45, 2.75) is 91.0 Å². The number of benzene rings is 2. The van der Waals surface area contributed by atoms with Crippen LogP contribution in [0.25, 0.3) is 11.1 Å². The predicted octanol–water partition coefficient (Wildman–Crippen LogP) is 3.71. The largest absolute Gasteiger partial charge is 0.508 e. The molecule has 0 spiro atoms. The summed E-state index contributed by atoms with van der Waals surface area (Å²) < 4.78 is 10.3. The van der Waals surface area contributed by atoms with E-state index in [9.17, 15) is 39.3 Å². The van der Waals surface area contributed by atoms with Gasteiger partial charge in [0.1, 0.15) is 34.8 Å². The van der Waals surface area contributed by atoms with Crippen LogP contribution in [0.1, 0.15) is 66.0 Å². The highest BCUT2D eigenvalue weighted by atomic mass is 16.6. The minimum atomic E-state index is -1.32. The van der Waals surface area contributed by atoms with Crippen molar-refractivity contribution < 1.29 is 48.8 Å². The van der Waals surface area contributed by atoms with E-state index >= 15 is 0 Å². The van der Waals surface area contributed by atoms with E-state index in [0.717, 1.165) is 11.3 Å².